The van der Waals surface area contributed by atoms with E-state index in [0.29, 0.717) is 23.8 Å². The van der Waals surface area contributed by atoms with Gasteiger partial charge in [0.2, 0.25) is 5.91 Å². The zero-order valence-electron chi connectivity index (χ0n) is 10.7. The Kier molecular flexibility index (Phi) is 5.85. The molecule has 1 heterocycles. The maximum atomic E-state index is 11.6. The van der Waals surface area contributed by atoms with E-state index in [9.17, 15) is 9.59 Å². The summed E-state index contributed by atoms with van der Waals surface area (Å²) >= 11 is 1.20. The maximum Gasteiger partial charge on any atom is 0.345 e. The third-order valence-electron chi connectivity index (χ3n) is 2.65. The first kappa shape index (κ1) is 14.7. The molecule has 100 valence electrons. The fraction of sp³-hybridized carbons (Fsp3) is 0.538. The average Bonchev–Trinajstić information content (AvgIpc) is 2.75. The molecule has 0 fully saturated rings. The van der Waals surface area contributed by atoms with Gasteiger partial charge in [-0.25, -0.2) is 4.79 Å². The van der Waals surface area contributed by atoms with Crippen LogP contribution in [0.3, 0.4) is 0 Å². The van der Waals surface area contributed by atoms with Gasteiger partial charge in [-0.05, 0) is 18.1 Å². The topological polar surface area (TPSA) is 66.4 Å². The minimum atomic E-state index is -0.922. The summed E-state index contributed by atoms with van der Waals surface area (Å²) < 4.78 is 0. The van der Waals surface area contributed by atoms with Gasteiger partial charge in [0, 0.05) is 11.3 Å². The van der Waals surface area contributed by atoms with Gasteiger partial charge in [0.15, 0.2) is 0 Å². The Bertz CT molecular complexity index is 414. The molecule has 0 saturated carbocycles. The summed E-state index contributed by atoms with van der Waals surface area (Å²) in [7, 11) is 0. The summed E-state index contributed by atoms with van der Waals surface area (Å²) in [5, 5.41) is 11.6. The van der Waals surface area contributed by atoms with Gasteiger partial charge in [0.1, 0.15) is 4.88 Å². The number of carbonyl (C=O) groups is 2. The largest absolute Gasteiger partial charge is 0.477 e. The number of thiophene rings is 1. The monoisotopic (exact) mass is 269 g/mol. The maximum absolute atomic E-state index is 11.6. The van der Waals surface area contributed by atoms with E-state index in [4.69, 9.17) is 5.11 Å². The molecule has 2 N–H and O–H groups in total. The molecule has 1 aromatic rings. The van der Waals surface area contributed by atoms with Crippen LogP contribution in [0.2, 0.25) is 0 Å². The van der Waals surface area contributed by atoms with Crippen molar-refractivity contribution in [2.75, 3.05) is 0 Å². The van der Waals surface area contributed by atoms with E-state index in [1.54, 1.807) is 12.1 Å². The lowest BCUT2D eigenvalue weighted by molar-refractivity contribution is -0.122. The van der Waals surface area contributed by atoms with Crippen molar-refractivity contribution in [2.45, 2.75) is 39.7 Å². The molecule has 18 heavy (non-hydrogen) atoms. The Morgan fingerprint density at radius 3 is 2.72 bits per heavy atom. The summed E-state index contributed by atoms with van der Waals surface area (Å²) in [6.45, 7) is 4.58. The minimum Gasteiger partial charge on any atom is -0.477 e. The molecule has 0 aliphatic heterocycles. The fourth-order valence-electron chi connectivity index (χ4n) is 1.76. The summed E-state index contributed by atoms with van der Waals surface area (Å²) in [6, 6.07) is 3.30. The summed E-state index contributed by atoms with van der Waals surface area (Å²) in [6.07, 6.45) is 2.67. The molecule has 1 unspecified atom stereocenters. The first-order valence-corrected chi connectivity index (χ1v) is 6.93. The van der Waals surface area contributed by atoms with Crippen LogP contribution in [-0.2, 0) is 11.3 Å². The van der Waals surface area contributed by atoms with Crippen molar-refractivity contribution < 1.29 is 14.7 Å². The van der Waals surface area contributed by atoms with E-state index >= 15 is 0 Å². The number of carboxylic acids is 1. The van der Waals surface area contributed by atoms with E-state index in [1.165, 1.54) is 11.3 Å². The summed E-state index contributed by atoms with van der Waals surface area (Å²) in [5.74, 6) is -0.497. The van der Waals surface area contributed by atoms with E-state index in [-0.39, 0.29) is 5.91 Å². The van der Waals surface area contributed by atoms with Gasteiger partial charge < -0.3 is 10.4 Å². The highest BCUT2D eigenvalue weighted by Crippen LogP contribution is 2.16. The van der Waals surface area contributed by atoms with Gasteiger partial charge in [-0.15, -0.1) is 11.3 Å². The Morgan fingerprint density at radius 1 is 1.44 bits per heavy atom. The number of hydrogen-bond donors (Lipinski definition) is 2. The van der Waals surface area contributed by atoms with E-state index in [0.717, 1.165) is 17.7 Å². The van der Waals surface area contributed by atoms with Crippen LogP contribution in [0.5, 0.6) is 0 Å². The smallest absolute Gasteiger partial charge is 0.345 e. The van der Waals surface area contributed by atoms with Gasteiger partial charge in [-0.1, -0.05) is 26.7 Å². The number of carbonyl (C=O) groups excluding carboxylic acids is 1. The molecule has 0 saturated heterocycles. The minimum absolute atomic E-state index is 0.0289. The van der Waals surface area contributed by atoms with Crippen molar-refractivity contribution in [3.05, 3.63) is 21.9 Å². The zero-order valence-corrected chi connectivity index (χ0v) is 11.5. The molecule has 1 aromatic heterocycles. The fourth-order valence-corrected chi connectivity index (χ4v) is 2.54. The molecule has 1 amide bonds. The molecule has 0 aliphatic rings. The predicted molar refractivity (Wildman–Crippen MR) is 71.8 cm³/mol. The van der Waals surface area contributed by atoms with Crippen LogP contribution in [0.25, 0.3) is 0 Å². The Morgan fingerprint density at radius 2 is 2.17 bits per heavy atom. The number of nitrogens with one attached hydrogen (secondary N) is 1. The second kappa shape index (κ2) is 7.16. The number of amides is 1. The molecular formula is C13H19NO3S. The third kappa shape index (κ3) is 4.87. The molecule has 0 aliphatic carbocycles. The van der Waals surface area contributed by atoms with E-state index < -0.39 is 5.97 Å². The molecule has 4 nitrogen and oxygen atoms in total. The van der Waals surface area contributed by atoms with Crippen LogP contribution in [0, 0.1) is 5.92 Å². The van der Waals surface area contributed by atoms with Crippen molar-refractivity contribution in [3.63, 3.8) is 0 Å². The second-order valence-corrected chi connectivity index (χ2v) is 5.61. The van der Waals surface area contributed by atoms with Crippen molar-refractivity contribution in [1.29, 1.82) is 0 Å². The van der Waals surface area contributed by atoms with E-state index in [1.807, 2.05) is 0 Å². The first-order valence-electron chi connectivity index (χ1n) is 6.11. The number of aromatic carboxylic acids is 1. The SMILES string of the molecule is CCCC(C)CC(=O)NCc1ccc(C(=O)O)s1. The molecule has 0 bridgehead atoms. The third-order valence-corrected chi connectivity index (χ3v) is 3.72. The van der Waals surface area contributed by atoms with Crippen LogP contribution < -0.4 is 5.32 Å². The summed E-state index contributed by atoms with van der Waals surface area (Å²) in [4.78, 5) is 23.5. The highest BCUT2D eigenvalue weighted by atomic mass is 32.1. The predicted octanol–water partition coefficient (Wildman–Crippen LogP) is 2.89. The Balaban J connectivity index is 2.35. The van der Waals surface area contributed by atoms with Crippen molar-refractivity contribution >= 4 is 23.2 Å². The lowest BCUT2D eigenvalue weighted by Crippen LogP contribution is -2.24. The number of carboxylic acid groups (broad SMARTS) is 1. The van der Waals surface area contributed by atoms with E-state index in [2.05, 4.69) is 19.2 Å². The molecule has 1 rings (SSSR count). The average molecular weight is 269 g/mol. The van der Waals surface area contributed by atoms with Crippen LogP contribution >= 0.6 is 11.3 Å². The lowest BCUT2D eigenvalue weighted by atomic mass is 10.0. The Labute approximate surface area is 111 Å². The van der Waals surface area contributed by atoms with Gasteiger partial charge >= 0.3 is 5.97 Å². The van der Waals surface area contributed by atoms with Gasteiger partial charge in [0.05, 0.1) is 6.54 Å². The summed E-state index contributed by atoms with van der Waals surface area (Å²) in [5.41, 5.74) is 0. The standard InChI is InChI=1S/C13H19NO3S/c1-3-4-9(2)7-12(15)14-8-10-5-6-11(18-10)13(16)17/h5-6,9H,3-4,7-8H2,1-2H3,(H,14,15)(H,16,17). The van der Waals surface area contributed by atoms with Gasteiger partial charge in [-0.3, -0.25) is 4.79 Å². The molecule has 5 heteroatoms. The molecule has 0 aromatic carbocycles. The first-order chi connectivity index (χ1) is 8.52. The van der Waals surface area contributed by atoms with Crippen LogP contribution in [-0.4, -0.2) is 17.0 Å². The molecule has 0 radical (unpaired) electrons. The molecule has 0 spiro atoms. The highest BCUT2D eigenvalue weighted by Gasteiger charge is 2.10. The number of rotatable bonds is 7. The van der Waals surface area contributed by atoms with Crippen LogP contribution in [0.15, 0.2) is 12.1 Å². The van der Waals surface area contributed by atoms with Crippen molar-refractivity contribution in [1.82, 2.24) is 5.32 Å². The Hall–Kier alpha value is -1.36. The lowest BCUT2D eigenvalue weighted by Gasteiger charge is -2.09. The number of hydrogen-bond acceptors (Lipinski definition) is 3. The van der Waals surface area contributed by atoms with Gasteiger partial charge in [0.25, 0.3) is 0 Å². The van der Waals surface area contributed by atoms with Gasteiger partial charge in [-0.2, -0.15) is 0 Å². The molecular weight excluding hydrogens is 250 g/mol. The van der Waals surface area contributed by atoms with Crippen LogP contribution in [0.1, 0.15) is 47.7 Å². The zero-order chi connectivity index (χ0) is 13.5. The van der Waals surface area contributed by atoms with Crippen molar-refractivity contribution in [2.24, 2.45) is 5.92 Å². The van der Waals surface area contributed by atoms with Crippen molar-refractivity contribution in [3.8, 4) is 0 Å². The second-order valence-electron chi connectivity index (χ2n) is 4.45. The van der Waals surface area contributed by atoms with Crippen LogP contribution in [0.4, 0.5) is 0 Å². The normalized spacial score (nSPS) is 12.1. The highest BCUT2D eigenvalue weighted by molar-refractivity contribution is 7.13. The molecule has 1 atom stereocenters. The quantitative estimate of drug-likeness (QED) is 0.800.